The molecule has 0 fully saturated rings. The van der Waals surface area contributed by atoms with Crippen molar-refractivity contribution in [1.82, 2.24) is 0 Å². The van der Waals surface area contributed by atoms with Gasteiger partial charge in [0, 0.05) is 6.54 Å². The molecule has 4 heteroatoms. The van der Waals surface area contributed by atoms with Gasteiger partial charge in [-0.05, 0) is 6.42 Å². The minimum Gasteiger partial charge on any atom is -0.468 e. The van der Waals surface area contributed by atoms with E-state index in [9.17, 15) is 9.18 Å². The molecular weight excluding hydrogens is 161 g/mol. The summed E-state index contributed by atoms with van der Waals surface area (Å²) in [5.74, 6) is -0.547. The van der Waals surface area contributed by atoms with Crippen molar-refractivity contribution in [2.75, 3.05) is 20.3 Å². The lowest BCUT2D eigenvalue weighted by Gasteiger charge is -2.25. The van der Waals surface area contributed by atoms with Gasteiger partial charge >= 0.3 is 5.97 Å². The third-order valence-corrected chi connectivity index (χ3v) is 1.99. The van der Waals surface area contributed by atoms with E-state index in [1.165, 1.54) is 7.11 Å². The van der Waals surface area contributed by atoms with E-state index in [0.717, 1.165) is 6.42 Å². The molecule has 0 heterocycles. The quantitative estimate of drug-likeness (QED) is 0.634. The highest BCUT2D eigenvalue weighted by molar-refractivity contribution is 5.77. The van der Waals surface area contributed by atoms with Crippen molar-refractivity contribution in [3.8, 4) is 0 Å². The maximum atomic E-state index is 12.6. The fourth-order valence-electron chi connectivity index (χ4n) is 1.16. The van der Waals surface area contributed by atoms with Crippen LogP contribution in [-0.2, 0) is 9.53 Å². The molecule has 0 spiro atoms. The van der Waals surface area contributed by atoms with Gasteiger partial charge in [-0.15, -0.1) is 0 Å². The van der Waals surface area contributed by atoms with Gasteiger partial charge in [0.05, 0.1) is 7.11 Å². The number of hydrogen-bond donors (Lipinski definition) is 1. The van der Waals surface area contributed by atoms with Crippen molar-refractivity contribution in [1.29, 1.82) is 0 Å². The second-order valence-corrected chi connectivity index (χ2v) is 2.86. The molecule has 1 unspecified atom stereocenters. The van der Waals surface area contributed by atoms with Gasteiger partial charge in [0.25, 0.3) is 0 Å². The van der Waals surface area contributed by atoms with Crippen LogP contribution >= 0.6 is 0 Å². The number of carbonyl (C=O) groups is 1. The van der Waals surface area contributed by atoms with Crippen molar-refractivity contribution in [2.24, 2.45) is 11.1 Å². The molecular formula is C8H16FNO2. The molecule has 2 N–H and O–H groups in total. The number of carbonyl (C=O) groups excluding carboxylic acids is 1. The molecule has 0 saturated heterocycles. The minimum atomic E-state index is -1.11. The van der Waals surface area contributed by atoms with Crippen LogP contribution in [0.3, 0.4) is 0 Å². The van der Waals surface area contributed by atoms with Gasteiger partial charge in [-0.3, -0.25) is 4.79 Å². The maximum Gasteiger partial charge on any atom is 0.315 e. The van der Waals surface area contributed by atoms with E-state index >= 15 is 0 Å². The maximum absolute atomic E-state index is 12.6. The zero-order chi connectivity index (χ0) is 9.61. The van der Waals surface area contributed by atoms with Gasteiger partial charge in [-0.1, -0.05) is 13.3 Å². The summed E-state index contributed by atoms with van der Waals surface area (Å²) in [4.78, 5) is 11.1. The van der Waals surface area contributed by atoms with Crippen molar-refractivity contribution in [2.45, 2.75) is 19.8 Å². The highest BCUT2D eigenvalue weighted by Gasteiger charge is 2.37. The largest absolute Gasteiger partial charge is 0.468 e. The highest BCUT2D eigenvalue weighted by Crippen LogP contribution is 2.24. The molecule has 0 radical (unpaired) electrons. The van der Waals surface area contributed by atoms with Crippen molar-refractivity contribution < 1.29 is 13.9 Å². The van der Waals surface area contributed by atoms with Crippen LogP contribution in [0.4, 0.5) is 4.39 Å². The summed E-state index contributed by atoms with van der Waals surface area (Å²) in [5.41, 5.74) is 4.23. The van der Waals surface area contributed by atoms with Crippen LogP contribution in [0.25, 0.3) is 0 Å². The van der Waals surface area contributed by atoms with E-state index in [4.69, 9.17) is 5.73 Å². The summed E-state index contributed by atoms with van der Waals surface area (Å²) in [6.07, 6.45) is 1.16. The number of halogens is 1. The number of methoxy groups -OCH3 is 1. The second-order valence-electron chi connectivity index (χ2n) is 2.86. The first kappa shape index (κ1) is 11.4. The number of alkyl halides is 1. The van der Waals surface area contributed by atoms with E-state index in [0.29, 0.717) is 6.42 Å². The Labute approximate surface area is 72.1 Å². The molecule has 0 bridgehead atoms. The third-order valence-electron chi connectivity index (χ3n) is 1.99. The van der Waals surface area contributed by atoms with E-state index < -0.39 is 18.1 Å². The van der Waals surface area contributed by atoms with Gasteiger partial charge < -0.3 is 10.5 Å². The van der Waals surface area contributed by atoms with Crippen LogP contribution in [0, 0.1) is 5.41 Å². The summed E-state index contributed by atoms with van der Waals surface area (Å²) in [7, 11) is 1.25. The predicted molar refractivity (Wildman–Crippen MR) is 44.4 cm³/mol. The van der Waals surface area contributed by atoms with Gasteiger partial charge in [-0.2, -0.15) is 0 Å². The van der Waals surface area contributed by atoms with Crippen molar-refractivity contribution in [3.63, 3.8) is 0 Å². The summed E-state index contributed by atoms with van der Waals surface area (Å²) < 4.78 is 17.0. The molecule has 0 aliphatic heterocycles. The molecule has 0 aliphatic rings. The fourth-order valence-corrected chi connectivity index (χ4v) is 1.16. The third kappa shape index (κ3) is 2.17. The Morgan fingerprint density at radius 3 is 2.50 bits per heavy atom. The van der Waals surface area contributed by atoms with E-state index in [-0.39, 0.29) is 6.54 Å². The lowest BCUT2D eigenvalue weighted by molar-refractivity contribution is -0.153. The first-order valence-electron chi connectivity index (χ1n) is 4.01. The molecule has 0 aromatic rings. The molecule has 0 aromatic carbocycles. The molecule has 3 nitrogen and oxygen atoms in total. The number of esters is 1. The molecule has 1 atom stereocenters. The lowest BCUT2D eigenvalue weighted by atomic mass is 9.85. The van der Waals surface area contributed by atoms with Gasteiger partial charge in [0.2, 0.25) is 0 Å². The van der Waals surface area contributed by atoms with E-state index in [1.807, 2.05) is 6.92 Å². The van der Waals surface area contributed by atoms with Crippen molar-refractivity contribution in [3.05, 3.63) is 0 Å². The van der Waals surface area contributed by atoms with Gasteiger partial charge in [0.1, 0.15) is 12.1 Å². The standard InChI is InChI=1S/C8H16FNO2/c1-3-4-8(5-9,6-10)7(11)12-2/h3-6,10H2,1-2H3. The molecule has 0 amide bonds. The Hall–Kier alpha value is -0.640. The normalized spacial score (nSPS) is 15.3. The Morgan fingerprint density at radius 2 is 2.25 bits per heavy atom. The summed E-state index contributed by atoms with van der Waals surface area (Å²) >= 11 is 0. The molecule has 72 valence electrons. The zero-order valence-electron chi connectivity index (χ0n) is 7.60. The minimum absolute atomic E-state index is 0.00398. The number of ether oxygens (including phenoxy) is 1. The molecule has 0 rings (SSSR count). The Morgan fingerprint density at radius 1 is 1.67 bits per heavy atom. The van der Waals surface area contributed by atoms with Crippen LogP contribution in [0.5, 0.6) is 0 Å². The average molecular weight is 177 g/mol. The molecule has 0 saturated carbocycles. The van der Waals surface area contributed by atoms with E-state index in [2.05, 4.69) is 4.74 Å². The first-order valence-corrected chi connectivity index (χ1v) is 4.01. The monoisotopic (exact) mass is 177 g/mol. The number of nitrogens with two attached hydrogens (primary N) is 1. The number of hydrogen-bond acceptors (Lipinski definition) is 3. The van der Waals surface area contributed by atoms with Gasteiger partial charge in [-0.25, -0.2) is 4.39 Å². The lowest BCUT2D eigenvalue weighted by Crippen LogP contribution is -2.41. The average Bonchev–Trinajstić information content (AvgIpc) is 2.13. The van der Waals surface area contributed by atoms with Gasteiger partial charge in [0.15, 0.2) is 0 Å². The topological polar surface area (TPSA) is 52.3 Å². The molecule has 12 heavy (non-hydrogen) atoms. The van der Waals surface area contributed by atoms with Crippen LogP contribution in [0.1, 0.15) is 19.8 Å². The van der Waals surface area contributed by atoms with Crippen molar-refractivity contribution >= 4 is 5.97 Å². The predicted octanol–water partition coefficient (Wildman–Crippen LogP) is 0.874. The molecule has 0 aliphatic carbocycles. The zero-order valence-corrected chi connectivity index (χ0v) is 7.60. The Bertz CT molecular complexity index is 146. The Kier molecular flexibility index (Phi) is 4.81. The smallest absolute Gasteiger partial charge is 0.315 e. The highest BCUT2D eigenvalue weighted by atomic mass is 19.1. The first-order chi connectivity index (χ1) is 5.66. The summed E-state index contributed by atoms with van der Waals surface area (Å²) in [6.45, 7) is 1.14. The SMILES string of the molecule is CCCC(CN)(CF)C(=O)OC. The second kappa shape index (κ2) is 5.09. The summed E-state index contributed by atoms with van der Waals surface area (Å²) in [6, 6.07) is 0. The Balaban J connectivity index is 4.44. The van der Waals surface area contributed by atoms with Crippen LogP contribution in [-0.4, -0.2) is 26.3 Å². The van der Waals surface area contributed by atoms with Crippen LogP contribution < -0.4 is 5.73 Å². The van der Waals surface area contributed by atoms with Crippen LogP contribution in [0.2, 0.25) is 0 Å². The summed E-state index contributed by atoms with van der Waals surface area (Å²) in [5, 5.41) is 0. The van der Waals surface area contributed by atoms with Crippen LogP contribution in [0.15, 0.2) is 0 Å². The number of rotatable bonds is 5. The fraction of sp³-hybridized carbons (Fsp3) is 0.875. The molecule has 0 aromatic heterocycles. The van der Waals surface area contributed by atoms with E-state index in [1.54, 1.807) is 0 Å².